The largest absolute Gasteiger partial charge is 0.468 e. The molecular formula is C27H43N3O7. The molecule has 0 aliphatic carbocycles. The molecule has 1 aromatic carbocycles. The fourth-order valence-electron chi connectivity index (χ4n) is 3.65. The molecule has 37 heavy (non-hydrogen) atoms. The zero-order valence-corrected chi connectivity index (χ0v) is 23.2. The maximum absolute atomic E-state index is 13.7. The van der Waals surface area contributed by atoms with E-state index in [1.165, 1.54) is 12.0 Å². The average molecular weight is 522 g/mol. The molecule has 1 aromatic rings. The van der Waals surface area contributed by atoms with Crippen molar-refractivity contribution in [2.24, 2.45) is 0 Å². The van der Waals surface area contributed by atoms with E-state index in [0.29, 0.717) is 12.0 Å². The van der Waals surface area contributed by atoms with Crippen LogP contribution in [0.1, 0.15) is 76.1 Å². The zero-order valence-electron chi connectivity index (χ0n) is 23.2. The number of methoxy groups -OCH3 is 1. The maximum Gasteiger partial charge on any atom is 0.408 e. The summed E-state index contributed by atoms with van der Waals surface area (Å²) < 4.78 is 9.88. The molecule has 0 spiro atoms. The molecule has 3 N–H and O–H groups in total. The third kappa shape index (κ3) is 10.8. The molecule has 2 unspecified atom stereocenters. The summed E-state index contributed by atoms with van der Waals surface area (Å²) in [6.45, 7) is 10.1. The third-order valence-electron chi connectivity index (χ3n) is 5.75. The van der Waals surface area contributed by atoms with Crippen LogP contribution in [0.5, 0.6) is 0 Å². The number of aryl methyl sites for hydroxylation is 2. The number of nitrogens with zero attached hydrogens (tertiary/aromatic N) is 1. The maximum atomic E-state index is 13.7. The number of aliphatic hydroxyl groups excluding tert-OH is 1. The van der Waals surface area contributed by atoms with Gasteiger partial charge in [-0.2, -0.15) is 0 Å². The third-order valence-corrected chi connectivity index (χ3v) is 5.75. The number of rotatable bonds is 13. The topological polar surface area (TPSA) is 134 Å². The summed E-state index contributed by atoms with van der Waals surface area (Å²) in [6.07, 6.45) is 2.50. The Morgan fingerprint density at radius 2 is 1.73 bits per heavy atom. The summed E-state index contributed by atoms with van der Waals surface area (Å²) in [5.74, 6) is -1.85. The Hall–Kier alpha value is -3.14. The molecule has 10 heteroatoms. The van der Waals surface area contributed by atoms with Crippen molar-refractivity contribution in [3.8, 4) is 0 Å². The fraction of sp³-hybridized carbons (Fsp3) is 0.630. The monoisotopic (exact) mass is 521 g/mol. The lowest BCUT2D eigenvalue weighted by Crippen LogP contribution is -2.54. The molecule has 2 atom stereocenters. The van der Waals surface area contributed by atoms with Crippen molar-refractivity contribution in [1.82, 2.24) is 15.5 Å². The number of esters is 1. The van der Waals surface area contributed by atoms with E-state index in [1.54, 1.807) is 26.8 Å². The Labute approximate surface area is 220 Å². The van der Waals surface area contributed by atoms with Crippen molar-refractivity contribution >= 4 is 23.9 Å². The van der Waals surface area contributed by atoms with Gasteiger partial charge in [-0.1, -0.05) is 44.4 Å². The van der Waals surface area contributed by atoms with Crippen LogP contribution < -0.4 is 10.6 Å². The number of amides is 3. The van der Waals surface area contributed by atoms with Crippen molar-refractivity contribution in [3.63, 3.8) is 0 Å². The summed E-state index contributed by atoms with van der Waals surface area (Å²) in [5.41, 5.74) is 1.68. The van der Waals surface area contributed by atoms with Gasteiger partial charge in [0.1, 0.15) is 24.2 Å². The molecule has 10 nitrogen and oxygen atoms in total. The Morgan fingerprint density at radius 1 is 1.05 bits per heavy atom. The van der Waals surface area contributed by atoms with E-state index in [-0.39, 0.29) is 13.1 Å². The molecule has 1 rings (SSSR count). The molecule has 0 aromatic heterocycles. The molecule has 0 fully saturated rings. The molecule has 0 aliphatic heterocycles. The van der Waals surface area contributed by atoms with E-state index in [1.807, 2.05) is 26.0 Å². The summed E-state index contributed by atoms with van der Waals surface area (Å²) in [7, 11) is 1.22. The number of carbonyl (C=O) groups excluding carboxylic acids is 4. The van der Waals surface area contributed by atoms with Crippen LogP contribution in [0, 0.1) is 13.8 Å². The SMILES string of the molecule is CCCCCCN(C(=O)C(CO)NC(=O)OC(C)(C)C)C(C(=O)NCC(=O)OC)c1ccc(C)c(C)c1. The molecule has 3 amide bonds. The first-order chi connectivity index (χ1) is 17.3. The van der Waals surface area contributed by atoms with Crippen molar-refractivity contribution in [1.29, 1.82) is 0 Å². The quantitative estimate of drug-likeness (QED) is 0.268. The summed E-state index contributed by atoms with van der Waals surface area (Å²) in [6, 6.07) is 3.00. The minimum Gasteiger partial charge on any atom is -0.468 e. The number of aliphatic hydroxyl groups is 1. The second-order valence-corrected chi connectivity index (χ2v) is 10.0. The second-order valence-electron chi connectivity index (χ2n) is 10.0. The molecule has 0 saturated heterocycles. The van der Waals surface area contributed by atoms with Gasteiger partial charge in [0.05, 0.1) is 13.7 Å². The van der Waals surface area contributed by atoms with Crippen LogP contribution in [-0.4, -0.2) is 72.3 Å². The molecule has 0 radical (unpaired) electrons. The van der Waals surface area contributed by atoms with Gasteiger partial charge in [-0.05, 0) is 57.7 Å². The van der Waals surface area contributed by atoms with E-state index in [9.17, 15) is 24.3 Å². The van der Waals surface area contributed by atoms with E-state index < -0.39 is 48.2 Å². The average Bonchev–Trinajstić information content (AvgIpc) is 2.83. The van der Waals surface area contributed by atoms with E-state index in [2.05, 4.69) is 22.3 Å². The first kappa shape index (κ1) is 31.9. The van der Waals surface area contributed by atoms with Crippen LogP contribution in [0.2, 0.25) is 0 Å². The minimum absolute atomic E-state index is 0.203. The molecule has 0 saturated carbocycles. The fourth-order valence-corrected chi connectivity index (χ4v) is 3.65. The number of carbonyl (C=O) groups is 4. The number of nitrogens with one attached hydrogen (secondary N) is 2. The minimum atomic E-state index is -1.33. The Kier molecular flexibility index (Phi) is 13.1. The molecule has 0 heterocycles. The van der Waals surface area contributed by atoms with Crippen molar-refractivity contribution in [2.75, 3.05) is 26.8 Å². The second kappa shape index (κ2) is 15.2. The molecule has 0 bridgehead atoms. The van der Waals surface area contributed by atoms with Crippen LogP contribution >= 0.6 is 0 Å². The predicted octanol–water partition coefficient (Wildman–Crippen LogP) is 2.93. The van der Waals surface area contributed by atoms with Crippen LogP contribution in [-0.2, 0) is 23.9 Å². The highest BCUT2D eigenvalue weighted by molar-refractivity contribution is 5.93. The molecule has 0 aliphatic rings. The first-order valence-electron chi connectivity index (χ1n) is 12.7. The van der Waals surface area contributed by atoms with E-state index in [4.69, 9.17) is 4.74 Å². The van der Waals surface area contributed by atoms with Gasteiger partial charge in [0.15, 0.2) is 0 Å². The lowest BCUT2D eigenvalue weighted by atomic mass is 9.98. The Morgan fingerprint density at radius 3 is 2.27 bits per heavy atom. The first-order valence-corrected chi connectivity index (χ1v) is 12.7. The molecular weight excluding hydrogens is 478 g/mol. The number of benzene rings is 1. The van der Waals surface area contributed by atoms with Gasteiger partial charge < -0.3 is 30.1 Å². The summed E-state index contributed by atoms with van der Waals surface area (Å²) >= 11 is 0. The lowest BCUT2D eigenvalue weighted by Gasteiger charge is -2.34. The van der Waals surface area contributed by atoms with Crippen LogP contribution in [0.25, 0.3) is 0 Å². The predicted molar refractivity (Wildman–Crippen MR) is 140 cm³/mol. The summed E-state index contributed by atoms with van der Waals surface area (Å²) in [4.78, 5) is 52.6. The van der Waals surface area contributed by atoms with Crippen LogP contribution in [0.3, 0.4) is 0 Å². The highest BCUT2D eigenvalue weighted by Gasteiger charge is 2.36. The van der Waals surface area contributed by atoms with Crippen molar-refractivity contribution in [2.45, 2.75) is 84.9 Å². The Bertz CT molecular complexity index is 927. The van der Waals surface area contributed by atoms with Gasteiger partial charge in [0.25, 0.3) is 0 Å². The summed E-state index contributed by atoms with van der Waals surface area (Å²) in [5, 5.41) is 15.0. The highest BCUT2D eigenvalue weighted by atomic mass is 16.6. The Balaban J connectivity index is 3.43. The van der Waals surface area contributed by atoms with Gasteiger partial charge in [-0.3, -0.25) is 14.4 Å². The lowest BCUT2D eigenvalue weighted by molar-refractivity contribution is -0.145. The van der Waals surface area contributed by atoms with E-state index in [0.717, 1.165) is 30.4 Å². The van der Waals surface area contributed by atoms with Gasteiger partial charge in [-0.15, -0.1) is 0 Å². The van der Waals surface area contributed by atoms with Gasteiger partial charge >= 0.3 is 12.1 Å². The number of hydrogen-bond acceptors (Lipinski definition) is 7. The van der Waals surface area contributed by atoms with Crippen LogP contribution in [0.15, 0.2) is 18.2 Å². The van der Waals surface area contributed by atoms with Gasteiger partial charge in [0.2, 0.25) is 11.8 Å². The van der Waals surface area contributed by atoms with Gasteiger partial charge in [0, 0.05) is 6.54 Å². The smallest absolute Gasteiger partial charge is 0.408 e. The number of hydrogen-bond donors (Lipinski definition) is 3. The van der Waals surface area contributed by atoms with Crippen LogP contribution in [0.4, 0.5) is 4.79 Å². The standard InChI is InChI=1S/C27H43N3O7/c1-8-9-10-11-14-30(25(34)21(17-31)29-26(35)37-27(4,5)6)23(24(33)28-16-22(32)36-7)20-13-12-18(2)19(3)15-20/h12-13,15,21,23,31H,8-11,14,16-17H2,1-7H3,(H,28,33)(H,29,35). The number of alkyl carbamates (subject to hydrolysis) is 1. The zero-order chi connectivity index (χ0) is 28.2. The highest BCUT2D eigenvalue weighted by Crippen LogP contribution is 2.25. The van der Waals surface area contributed by atoms with E-state index >= 15 is 0 Å². The normalized spacial score (nSPS) is 12.8. The molecule has 208 valence electrons. The van der Waals surface area contributed by atoms with Crippen molar-refractivity contribution in [3.05, 3.63) is 34.9 Å². The number of ether oxygens (including phenoxy) is 2. The van der Waals surface area contributed by atoms with Gasteiger partial charge in [-0.25, -0.2) is 4.79 Å². The van der Waals surface area contributed by atoms with Crippen molar-refractivity contribution < 1.29 is 33.8 Å². The number of unbranched alkanes of at least 4 members (excludes halogenated alkanes) is 3.